The Hall–Kier alpha value is 0.0700. The Labute approximate surface area is 111 Å². The number of aromatic nitrogens is 1. The molecule has 0 aliphatic carbocycles. The average Bonchev–Trinajstić information content (AvgIpc) is 2.79. The highest BCUT2D eigenvalue weighted by molar-refractivity contribution is 9.09. The van der Waals surface area contributed by atoms with Gasteiger partial charge in [-0.3, -0.25) is 4.90 Å². The molecule has 0 saturated carbocycles. The number of rotatable bonds is 7. The molecule has 16 heavy (non-hydrogen) atoms. The van der Waals surface area contributed by atoms with Gasteiger partial charge in [0.15, 0.2) is 0 Å². The van der Waals surface area contributed by atoms with Gasteiger partial charge in [-0.05, 0) is 25.3 Å². The number of nitrogens with zero attached hydrogens (tertiary/aromatic N) is 2. The van der Waals surface area contributed by atoms with Crippen LogP contribution in [0.25, 0.3) is 0 Å². The summed E-state index contributed by atoms with van der Waals surface area (Å²) in [6.07, 6.45) is 2.44. The SMILES string of the molecule is CCC(CC)(CBr)CN(C)Cc1cscn1. The molecule has 0 N–H and O–H groups in total. The maximum Gasteiger partial charge on any atom is 0.0795 e. The third-order valence-electron chi connectivity index (χ3n) is 3.30. The molecule has 0 aliphatic heterocycles. The van der Waals surface area contributed by atoms with E-state index in [-0.39, 0.29) is 0 Å². The molecule has 0 atom stereocenters. The van der Waals surface area contributed by atoms with Gasteiger partial charge in [0, 0.05) is 23.8 Å². The second-order valence-corrected chi connectivity index (χ2v) is 5.77. The summed E-state index contributed by atoms with van der Waals surface area (Å²) >= 11 is 5.33. The van der Waals surface area contributed by atoms with E-state index in [1.807, 2.05) is 5.51 Å². The Morgan fingerprint density at radius 1 is 1.44 bits per heavy atom. The summed E-state index contributed by atoms with van der Waals surface area (Å²) in [4.78, 5) is 6.71. The van der Waals surface area contributed by atoms with E-state index in [0.717, 1.165) is 18.4 Å². The van der Waals surface area contributed by atoms with Crippen LogP contribution in [0.4, 0.5) is 0 Å². The zero-order chi connectivity index (χ0) is 12.0. The van der Waals surface area contributed by atoms with Crippen molar-refractivity contribution in [3.63, 3.8) is 0 Å². The second-order valence-electron chi connectivity index (χ2n) is 4.49. The van der Waals surface area contributed by atoms with Crippen LogP contribution in [-0.2, 0) is 6.54 Å². The molecule has 0 unspecified atom stereocenters. The molecule has 0 fully saturated rings. The number of hydrogen-bond acceptors (Lipinski definition) is 3. The fourth-order valence-corrected chi connectivity index (χ4v) is 3.45. The highest BCUT2D eigenvalue weighted by Gasteiger charge is 2.26. The minimum atomic E-state index is 0.408. The average molecular weight is 305 g/mol. The van der Waals surface area contributed by atoms with E-state index in [2.05, 4.69) is 52.1 Å². The minimum Gasteiger partial charge on any atom is -0.300 e. The third-order valence-corrected chi connectivity index (χ3v) is 5.13. The maximum atomic E-state index is 4.33. The standard InChI is InChI=1S/C12H21BrN2S/c1-4-12(5-2,8-13)9-15(3)6-11-7-16-10-14-11/h7,10H,4-6,8-9H2,1-3H3. The predicted molar refractivity (Wildman–Crippen MR) is 75.3 cm³/mol. The largest absolute Gasteiger partial charge is 0.300 e. The van der Waals surface area contributed by atoms with E-state index in [1.54, 1.807) is 11.3 Å². The first kappa shape index (κ1) is 14.1. The topological polar surface area (TPSA) is 16.1 Å². The van der Waals surface area contributed by atoms with Gasteiger partial charge in [0.25, 0.3) is 0 Å². The molecule has 0 radical (unpaired) electrons. The van der Waals surface area contributed by atoms with Gasteiger partial charge in [-0.1, -0.05) is 29.8 Å². The molecule has 0 saturated heterocycles. The molecule has 1 aromatic rings. The van der Waals surface area contributed by atoms with Crippen molar-refractivity contribution in [3.05, 3.63) is 16.6 Å². The fraction of sp³-hybridized carbons (Fsp3) is 0.750. The van der Waals surface area contributed by atoms with E-state index in [1.165, 1.54) is 18.5 Å². The molecule has 4 heteroatoms. The van der Waals surface area contributed by atoms with Gasteiger partial charge in [-0.2, -0.15) is 0 Å². The predicted octanol–water partition coefficient (Wildman–Crippen LogP) is 3.78. The molecular weight excluding hydrogens is 284 g/mol. The van der Waals surface area contributed by atoms with Crippen molar-refractivity contribution >= 4 is 27.3 Å². The van der Waals surface area contributed by atoms with Crippen LogP contribution in [0.3, 0.4) is 0 Å². The summed E-state index contributed by atoms with van der Waals surface area (Å²) in [5.74, 6) is 0. The Morgan fingerprint density at radius 3 is 2.56 bits per heavy atom. The molecule has 0 spiro atoms. The Balaban J connectivity index is 2.51. The number of alkyl halides is 1. The molecule has 2 nitrogen and oxygen atoms in total. The zero-order valence-corrected chi connectivity index (χ0v) is 12.8. The molecule has 1 rings (SSSR count). The van der Waals surface area contributed by atoms with Crippen LogP contribution in [0, 0.1) is 5.41 Å². The van der Waals surface area contributed by atoms with Crippen molar-refractivity contribution in [2.75, 3.05) is 18.9 Å². The molecule has 1 heterocycles. The highest BCUT2D eigenvalue weighted by Crippen LogP contribution is 2.29. The summed E-state index contributed by atoms with van der Waals surface area (Å²) in [5, 5.41) is 3.21. The van der Waals surface area contributed by atoms with E-state index in [4.69, 9.17) is 0 Å². The number of hydrogen-bond donors (Lipinski definition) is 0. The first-order valence-electron chi connectivity index (χ1n) is 5.77. The van der Waals surface area contributed by atoms with Crippen LogP contribution >= 0.6 is 27.3 Å². The molecular formula is C12H21BrN2S. The van der Waals surface area contributed by atoms with Crippen molar-refractivity contribution in [3.8, 4) is 0 Å². The number of thiazole rings is 1. The van der Waals surface area contributed by atoms with Crippen LogP contribution < -0.4 is 0 Å². The Morgan fingerprint density at radius 2 is 2.12 bits per heavy atom. The molecule has 0 aliphatic rings. The lowest BCUT2D eigenvalue weighted by Crippen LogP contribution is -2.36. The summed E-state index contributed by atoms with van der Waals surface area (Å²) in [6.45, 7) is 6.64. The van der Waals surface area contributed by atoms with Crippen molar-refractivity contribution in [1.29, 1.82) is 0 Å². The van der Waals surface area contributed by atoms with Crippen LogP contribution in [0.1, 0.15) is 32.4 Å². The maximum absolute atomic E-state index is 4.33. The summed E-state index contributed by atoms with van der Waals surface area (Å²) < 4.78 is 0. The first-order chi connectivity index (χ1) is 7.65. The van der Waals surface area contributed by atoms with Crippen molar-refractivity contribution in [1.82, 2.24) is 9.88 Å². The second kappa shape index (κ2) is 6.72. The quantitative estimate of drug-likeness (QED) is 0.713. The lowest BCUT2D eigenvalue weighted by Gasteiger charge is -2.33. The molecule has 0 amide bonds. The summed E-state index contributed by atoms with van der Waals surface area (Å²) in [7, 11) is 2.18. The third kappa shape index (κ3) is 3.82. The molecule has 0 aromatic carbocycles. The van der Waals surface area contributed by atoms with Gasteiger partial charge in [0.1, 0.15) is 0 Å². The van der Waals surface area contributed by atoms with Gasteiger partial charge in [-0.15, -0.1) is 11.3 Å². The summed E-state index contributed by atoms with van der Waals surface area (Å²) in [5.41, 5.74) is 3.49. The molecule has 92 valence electrons. The van der Waals surface area contributed by atoms with Gasteiger partial charge in [0.2, 0.25) is 0 Å². The van der Waals surface area contributed by atoms with Crippen LogP contribution in [0.5, 0.6) is 0 Å². The van der Waals surface area contributed by atoms with Gasteiger partial charge < -0.3 is 0 Å². The molecule has 1 aromatic heterocycles. The van der Waals surface area contributed by atoms with Crippen molar-refractivity contribution < 1.29 is 0 Å². The van der Waals surface area contributed by atoms with Crippen LogP contribution in [0.2, 0.25) is 0 Å². The normalized spacial score (nSPS) is 12.3. The van der Waals surface area contributed by atoms with E-state index in [9.17, 15) is 0 Å². The van der Waals surface area contributed by atoms with Gasteiger partial charge in [0.05, 0.1) is 11.2 Å². The first-order valence-corrected chi connectivity index (χ1v) is 7.84. The van der Waals surface area contributed by atoms with Gasteiger partial charge in [-0.25, -0.2) is 4.98 Å². The fourth-order valence-electron chi connectivity index (χ4n) is 1.93. The van der Waals surface area contributed by atoms with Crippen molar-refractivity contribution in [2.45, 2.75) is 33.2 Å². The zero-order valence-electron chi connectivity index (χ0n) is 10.4. The van der Waals surface area contributed by atoms with E-state index >= 15 is 0 Å². The van der Waals surface area contributed by atoms with Crippen LogP contribution in [0.15, 0.2) is 10.9 Å². The Kier molecular flexibility index (Phi) is 5.94. The van der Waals surface area contributed by atoms with Crippen LogP contribution in [-0.4, -0.2) is 28.8 Å². The smallest absolute Gasteiger partial charge is 0.0795 e. The molecule has 0 bridgehead atoms. The number of halogens is 1. The van der Waals surface area contributed by atoms with Crippen molar-refractivity contribution in [2.24, 2.45) is 5.41 Å². The summed E-state index contributed by atoms with van der Waals surface area (Å²) in [6, 6.07) is 0. The van der Waals surface area contributed by atoms with Gasteiger partial charge >= 0.3 is 0 Å². The Bertz CT molecular complexity index is 275. The van der Waals surface area contributed by atoms with E-state index in [0.29, 0.717) is 5.41 Å². The lowest BCUT2D eigenvalue weighted by molar-refractivity contribution is 0.179. The lowest BCUT2D eigenvalue weighted by atomic mass is 9.84. The highest BCUT2D eigenvalue weighted by atomic mass is 79.9. The minimum absolute atomic E-state index is 0.408. The van der Waals surface area contributed by atoms with E-state index < -0.39 is 0 Å². The monoisotopic (exact) mass is 304 g/mol.